The third-order valence-corrected chi connectivity index (χ3v) is 7.36. The summed E-state index contributed by atoms with van der Waals surface area (Å²) in [5, 5.41) is 0. The van der Waals surface area contributed by atoms with E-state index < -0.39 is 0 Å². The van der Waals surface area contributed by atoms with Crippen molar-refractivity contribution >= 4 is 17.5 Å². The van der Waals surface area contributed by atoms with Crippen molar-refractivity contribution in [2.45, 2.75) is 6.54 Å². The van der Waals surface area contributed by atoms with E-state index in [1.165, 1.54) is 5.56 Å². The zero-order valence-corrected chi connectivity index (χ0v) is 24.1. The summed E-state index contributed by atoms with van der Waals surface area (Å²) in [5.41, 5.74) is 6.08. The maximum Gasteiger partial charge on any atom is 0.187 e. The number of ether oxygens (including phenoxy) is 1. The van der Waals surface area contributed by atoms with Crippen molar-refractivity contribution in [1.29, 1.82) is 0 Å². The Morgan fingerprint density at radius 1 is 0.923 bits per heavy atom. The molecular weight excluding hydrogens is 484 g/mol. The summed E-state index contributed by atoms with van der Waals surface area (Å²) in [6.45, 7) is 6.54. The molecule has 3 aromatic carbocycles. The number of ketones is 1. The monoisotopic (exact) mass is 526 g/mol. The Labute approximate surface area is 234 Å². The molecule has 0 atom stereocenters. The second-order valence-electron chi connectivity index (χ2n) is 10.7. The Kier molecular flexibility index (Phi) is 9.93. The average Bonchev–Trinajstić information content (AvgIpc) is 2.95. The topological polar surface area (TPSA) is 39.3 Å². The number of methoxy groups -OCH3 is 1. The molecule has 0 unspecified atom stereocenters. The molecule has 0 saturated carbocycles. The fraction of sp³-hybridized carbons (Fsp3) is 0.364. The molecule has 4 rings (SSSR count). The van der Waals surface area contributed by atoms with E-state index in [2.05, 4.69) is 78.1 Å². The van der Waals surface area contributed by atoms with Gasteiger partial charge in [-0.1, -0.05) is 54.6 Å². The van der Waals surface area contributed by atoms with Gasteiger partial charge in [-0.05, 0) is 69.2 Å². The molecule has 6 nitrogen and oxygen atoms in total. The molecule has 6 heteroatoms. The predicted octanol–water partition coefficient (Wildman–Crippen LogP) is 5.00. The summed E-state index contributed by atoms with van der Waals surface area (Å²) in [6.07, 6.45) is 3.70. The normalized spacial score (nSPS) is 14.5. The quantitative estimate of drug-likeness (QED) is 0.259. The van der Waals surface area contributed by atoms with Gasteiger partial charge in [-0.3, -0.25) is 4.79 Å². The van der Waals surface area contributed by atoms with Gasteiger partial charge in [0.25, 0.3) is 0 Å². The van der Waals surface area contributed by atoms with Crippen LogP contribution in [0.2, 0.25) is 0 Å². The van der Waals surface area contributed by atoms with E-state index in [1.54, 1.807) is 13.2 Å². The van der Waals surface area contributed by atoms with Gasteiger partial charge in [-0.15, -0.1) is 0 Å². The Morgan fingerprint density at radius 2 is 1.64 bits per heavy atom. The minimum atomic E-state index is 0.0197. The van der Waals surface area contributed by atoms with Crippen LogP contribution in [-0.4, -0.2) is 95.1 Å². The lowest BCUT2D eigenvalue weighted by Crippen LogP contribution is -2.45. The number of hydrogen-bond donors (Lipinski definition) is 0. The molecule has 0 N–H and O–H groups in total. The number of para-hydroxylation sites is 1. The second-order valence-corrected chi connectivity index (χ2v) is 10.7. The first kappa shape index (κ1) is 28.6. The summed E-state index contributed by atoms with van der Waals surface area (Å²) in [5.74, 6) is 0.847. The molecule has 1 aliphatic heterocycles. The van der Waals surface area contributed by atoms with Crippen LogP contribution in [0.5, 0.6) is 5.75 Å². The number of likely N-dealkylation sites (N-methyl/N-ethyl adjacent to an activating group) is 3. The van der Waals surface area contributed by atoms with Gasteiger partial charge in [-0.25, -0.2) is 0 Å². The molecule has 1 aliphatic rings. The fourth-order valence-corrected chi connectivity index (χ4v) is 4.94. The Morgan fingerprint density at radius 3 is 2.38 bits per heavy atom. The zero-order valence-electron chi connectivity index (χ0n) is 24.1. The third kappa shape index (κ3) is 7.57. The van der Waals surface area contributed by atoms with Crippen LogP contribution in [0.25, 0.3) is 17.2 Å². The first-order chi connectivity index (χ1) is 18.9. The van der Waals surface area contributed by atoms with Crippen molar-refractivity contribution in [2.24, 2.45) is 0 Å². The Balaban J connectivity index is 1.62. The van der Waals surface area contributed by atoms with E-state index in [4.69, 9.17) is 4.74 Å². The molecule has 3 aromatic rings. The first-order valence-electron chi connectivity index (χ1n) is 13.7. The highest BCUT2D eigenvalue weighted by atomic mass is 16.5. The number of piperazine rings is 1. The number of anilines is 1. The summed E-state index contributed by atoms with van der Waals surface area (Å²) < 4.78 is 5.63. The first-order valence-corrected chi connectivity index (χ1v) is 13.7. The van der Waals surface area contributed by atoms with Gasteiger partial charge in [0, 0.05) is 62.6 Å². The van der Waals surface area contributed by atoms with Gasteiger partial charge in [-0.2, -0.15) is 0 Å². The molecule has 0 radical (unpaired) electrons. The van der Waals surface area contributed by atoms with Crippen LogP contribution < -0.4 is 9.64 Å². The highest BCUT2D eigenvalue weighted by Crippen LogP contribution is 2.34. The lowest BCUT2D eigenvalue weighted by Gasteiger charge is -2.35. The molecule has 1 fully saturated rings. The summed E-state index contributed by atoms with van der Waals surface area (Å²) in [7, 11) is 10.2. The van der Waals surface area contributed by atoms with Crippen molar-refractivity contribution in [3.8, 4) is 16.9 Å². The standard InChI is InChI=1S/C33H42N4O2/c1-34(2)18-19-36(4)25-28-11-7-6-10-26(28)15-17-32(38)30-16-14-27(29-12-8-9-13-33(29)39-5)24-31(30)37-22-20-35(3)21-23-37/h6-17,24H,18-23,25H2,1-5H3. The van der Waals surface area contributed by atoms with Crippen LogP contribution in [0, 0.1) is 0 Å². The van der Waals surface area contributed by atoms with E-state index in [9.17, 15) is 4.79 Å². The molecule has 39 heavy (non-hydrogen) atoms. The van der Waals surface area contributed by atoms with E-state index in [1.807, 2.05) is 42.5 Å². The van der Waals surface area contributed by atoms with E-state index in [0.717, 1.165) is 79.5 Å². The molecule has 0 aromatic heterocycles. The maximum absolute atomic E-state index is 13.7. The van der Waals surface area contributed by atoms with Gasteiger partial charge in [0.05, 0.1) is 7.11 Å². The number of nitrogens with zero attached hydrogens (tertiary/aromatic N) is 4. The van der Waals surface area contributed by atoms with E-state index >= 15 is 0 Å². The van der Waals surface area contributed by atoms with Gasteiger partial charge in [0.15, 0.2) is 5.78 Å². The minimum Gasteiger partial charge on any atom is -0.496 e. The molecule has 206 valence electrons. The molecule has 0 spiro atoms. The fourth-order valence-electron chi connectivity index (χ4n) is 4.94. The van der Waals surface area contributed by atoms with Crippen LogP contribution in [0.1, 0.15) is 21.5 Å². The smallest absolute Gasteiger partial charge is 0.187 e. The third-order valence-electron chi connectivity index (χ3n) is 7.36. The highest BCUT2D eigenvalue weighted by Gasteiger charge is 2.21. The number of allylic oxidation sites excluding steroid dienone is 1. The largest absolute Gasteiger partial charge is 0.496 e. The minimum absolute atomic E-state index is 0.0197. The molecule has 0 aliphatic carbocycles. The number of benzene rings is 3. The Bertz CT molecular complexity index is 1280. The Hall–Kier alpha value is -3.45. The van der Waals surface area contributed by atoms with Crippen molar-refractivity contribution in [1.82, 2.24) is 14.7 Å². The highest BCUT2D eigenvalue weighted by molar-refractivity contribution is 6.11. The number of hydrogen-bond acceptors (Lipinski definition) is 6. The van der Waals surface area contributed by atoms with Crippen molar-refractivity contribution in [3.05, 3.63) is 89.5 Å². The van der Waals surface area contributed by atoms with Crippen molar-refractivity contribution in [3.63, 3.8) is 0 Å². The van der Waals surface area contributed by atoms with E-state index in [-0.39, 0.29) is 5.78 Å². The molecule has 1 saturated heterocycles. The lowest BCUT2D eigenvalue weighted by atomic mass is 9.98. The SMILES string of the molecule is COc1ccccc1-c1ccc(C(=O)C=Cc2ccccc2CN(C)CCN(C)C)c(N2CCN(C)CC2)c1. The van der Waals surface area contributed by atoms with Crippen LogP contribution in [-0.2, 0) is 6.54 Å². The molecule has 1 heterocycles. The summed E-state index contributed by atoms with van der Waals surface area (Å²) in [6, 6.07) is 22.5. The zero-order chi connectivity index (χ0) is 27.8. The molecule has 0 amide bonds. The summed E-state index contributed by atoms with van der Waals surface area (Å²) in [4.78, 5) is 22.8. The predicted molar refractivity (Wildman–Crippen MR) is 163 cm³/mol. The van der Waals surface area contributed by atoms with Gasteiger partial charge < -0.3 is 24.3 Å². The summed E-state index contributed by atoms with van der Waals surface area (Å²) >= 11 is 0. The number of carbonyl (C=O) groups excluding carboxylic acids is 1. The average molecular weight is 527 g/mol. The lowest BCUT2D eigenvalue weighted by molar-refractivity contribution is 0.104. The maximum atomic E-state index is 13.7. The van der Waals surface area contributed by atoms with Gasteiger partial charge in [0.1, 0.15) is 5.75 Å². The van der Waals surface area contributed by atoms with Gasteiger partial charge in [0.2, 0.25) is 0 Å². The van der Waals surface area contributed by atoms with Crippen LogP contribution in [0.4, 0.5) is 5.69 Å². The van der Waals surface area contributed by atoms with Crippen molar-refractivity contribution < 1.29 is 9.53 Å². The number of rotatable bonds is 11. The van der Waals surface area contributed by atoms with Gasteiger partial charge >= 0.3 is 0 Å². The van der Waals surface area contributed by atoms with Crippen LogP contribution >= 0.6 is 0 Å². The molecule has 0 bridgehead atoms. The van der Waals surface area contributed by atoms with Crippen LogP contribution in [0.15, 0.2) is 72.8 Å². The number of carbonyl (C=O) groups is 1. The second kappa shape index (κ2) is 13.6. The van der Waals surface area contributed by atoms with E-state index in [0.29, 0.717) is 0 Å². The molecular formula is C33H42N4O2. The van der Waals surface area contributed by atoms with Crippen LogP contribution in [0.3, 0.4) is 0 Å². The van der Waals surface area contributed by atoms with Crippen molar-refractivity contribution in [2.75, 3.05) is 79.5 Å².